The van der Waals surface area contributed by atoms with Crippen molar-refractivity contribution in [3.63, 3.8) is 0 Å². The molecule has 4 heteroatoms. The number of rotatable bonds is 1. The van der Waals surface area contributed by atoms with E-state index in [-0.39, 0.29) is 0 Å². The maximum absolute atomic E-state index is 5.21. The fourth-order valence-electron chi connectivity index (χ4n) is 1.55. The molecule has 0 aliphatic rings. The highest BCUT2D eigenvalue weighted by atomic mass is 79.9. The van der Waals surface area contributed by atoms with Crippen LogP contribution in [0, 0.1) is 18.5 Å². The lowest BCUT2D eigenvalue weighted by Crippen LogP contribution is -1.96. The molecule has 0 radical (unpaired) electrons. The van der Waals surface area contributed by atoms with Crippen LogP contribution >= 0.6 is 28.1 Å². The zero-order valence-electron chi connectivity index (χ0n) is 9.04. The van der Waals surface area contributed by atoms with Crippen LogP contribution in [0.5, 0.6) is 0 Å². The Morgan fingerprint density at radius 2 is 1.81 bits per heavy atom. The lowest BCUT2D eigenvalue weighted by atomic mass is 10.1. The van der Waals surface area contributed by atoms with E-state index in [1.165, 1.54) is 0 Å². The Morgan fingerprint density at radius 1 is 1.19 bits per heavy atom. The van der Waals surface area contributed by atoms with Crippen molar-refractivity contribution in [2.75, 3.05) is 0 Å². The smallest absolute Gasteiger partial charge is 0.133 e. The molecule has 0 fully saturated rings. The average Bonchev–Trinajstić information content (AvgIpc) is 2.25. The summed E-state index contributed by atoms with van der Waals surface area (Å²) in [4.78, 5) is 7.49. The van der Waals surface area contributed by atoms with Gasteiger partial charge in [0.05, 0.1) is 5.69 Å². The SMILES string of the molecule is Cc1nc(=S)c(C)c(-c2ccc(Br)cc2)[nH]1. The summed E-state index contributed by atoms with van der Waals surface area (Å²) in [5.41, 5.74) is 3.19. The Balaban J connectivity index is 2.64. The first-order chi connectivity index (χ1) is 7.58. The van der Waals surface area contributed by atoms with Gasteiger partial charge in [0.15, 0.2) is 0 Å². The highest BCUT2D eigenvalue weighted by molar-refractivity contribution is 9.10. The number of nitrogens with one attached hydrogen (secondary N) is 1. The minimum absolute atomic E-state index is 0.661. The van der Waals surface area contributed by atoms with Crippen molar-refractivity contribution in [2.24, 2.45) is 0 Å². The van der Waals surface area contributed by atoms with Crippen LogP contribution in [-0.4, -0.2) is 9.97 Å². The van der Waals surface area contributed by atoms with Crippen LogP contribution in [0.15, 0.2) is 28.7 Å². The number of nitrogens with zero attached hydrogens (tertiary/aromatic N) is 1. The lowest BCUT2D eigenvalue weighted by Gasteiger charge is -2.07. The van der Waals surface area contributed by atoms with Crippen molar-refractivity contribution >= 4 is 28.1 Å². The topological polar surface area (TPSA) is 28.7 Å². The van der Waals surface area contributed by atoms with Crippen molar-refractivity contribution in [3.8, 4) is 11.3 Å². The van der Waals surface area contributed by atoms with E-state index in [0.29, 0.717) is 4.64 Å². The van der Waals surface area contributed by atoms with Gasteiger partial charge in [-0.2, -0.15) is 0 Å². The van der Waals surface area contributed by atoms with E-state index in [4.69, 9.17) is 12.2 Å². The molecule has 0 aliphatic carbocycles. The van der Waals surface area contributed by atoms with Crippen LogP contribution in [0.25, 0.3) is 11.3 Å². The molecular weight excluding hydrogens is 284 g/mol. The lowest BCUT2D eigenvalue weighted by molar-refractivity contribution is 1.02. The van der Waals surface area contributed by atoms with E-state index >= 15 is 0 Å². The van der Waals surface area contributed by atoms with Crippen LogP contribution in [0.1, 0.15) is 11.4 Å². The largest absolute Gasteiger partial charge is 0.343 e. The van der Waals surface area contributed by atoms with E-state index in [2.05, 4.69) is 38.0 Å². The molecule has 0 spiro atoms. The second-order valence-corrected chi connectivity index (χ2v) is 4.94. The summed E-state index contributed by atoms with van der Waals surface area (Å²) >= 11 is 8.64. The first kappa shape index (κ1) is 11.5. The Hall–Kier alpha value is -1.00. The van der Waals surface area contributed by atoms with Gasteiger partial charge in [-0.25, -0.2) is 4.98 Å². The third-order valence-electron chi connectivity index (χ3n) is 2.40. The van der Waals surface area contributed by atoms with Crippen LogP contribution in [0.4, 0.5) is 0 Å². The molecule has 2 rings (SSSR count). The zero-order chi connectivity index (χ0) is 11.7. The minimum atomic E-state index is 0.661. The Morgan fingerprint density at radius 3 is 2.44 bits per heavy atom. The number of benzene rings is 1. The van der Waals surface area contributed by atoms with E-state index in [0.717, 1.165) is 27.1 Å². The van der Waals surface area contributed by atoms with E-state index < -0.39 is 0 Å². The van der Waals surface area contributed by atoms with Crippen molar-refractivity contribution in [1.29, 1.82) is 0 Å². The van der Waals surface area contributed by atoms with Crippen LogP contribution in [0.2, 0.25) is 0 Å². The van der Waals surface area contributed by atoms with Crippen molar-refractivity contribution in [3.05, 3.63) is 44.8 Å². The molecule has 82 valence electrons. The van der Waals surface area contributed by atoms with Gasteiger partial charge in [-0.05, 0) is 31.5 Å². The Kier molecular flexibility index (Phi) is 3.21. The van der Waals surface area contributed by atoms with Crippen molar-refractivity contribution < 1.29 is 0 Å². The minimum Gasteiger partial charge on any atom is -0.343 e. The van der Waals surface area contributed by atoms with Crippen LogP contribution < -0.4 is 0 Å². The molecule has 0 amide bonds. The average molecular weight is 295 g/mol. The van der Waals surface area contributed by atoms with Crippen molar-refractivity contribution in [1.82, 2.24) is 9.97 Å². The normalized spacial score (nSPS) is 10.4. The molecule has 16 heavy (non-hydrogen) atoms. The number of halogens is 1. The third kappa shape index (κ3) is 2.23. The van der Waals surface area contributed by atoms with Crippen LogP contribution in [0.3, 0.4) is 0 Å². The van der Waals surface area contributed by atoms with Gasteiger partial charge in [0.2, 0.25) is 0 Å². The molecule has 2 nitrogen and oxygen atoms in total. The molecule has 0 unspecified atom stereocenters. The first-order valence-electron chi connectivity index (χ1n) is 4.91. The molecule has 0 saturated carbocycles. The summed E-state index contributed by atoms with van der Waals surface area (Å²) in [6.07, 6.45) is 0. The fraction of sp³-hybridized carbons (Fsp3) is 0.167. The summed E-state index contributed by atoms with van der Waals surface area (Å²) in [6, 6.07) is 8.14. The molecule has 1 aromatic carbocycles. The fourth-order valence-corrected chi connectivity index (χ4v) is 2.05. The molecule has 0 bridgehead atoms. The highest BCUT2D eigenvalue weighted by Gasteiger charge is 2.05. The maximum Gasteiger partial charge on any atom is 0.133 e. The summed E-state index contributed by atoms with van der Waals surface area (Å²) < 4.78 is 1.73. The molecule has 1 heterocycles. The number of aromatic amines is 1. The summed E-state index contributed by atoms with van der Waals surface area (Å²) in [5, 5.41) is 0. The van der Waals surface area contributed by atoms with E-state index in [1.807, 2.05) is 26.0 Å². The molecular formula is C12H11BrN2S. The second kappa shape index (κ2) is 4.47. The van der Waals surface area contributed by atoms with Gasteiger partial charge >= 0.3 is 0 Å². The first-order valence-corrected chi connectivity index (χ1v) is 6.11. The number of hydrogen-bond donors (Lipinski definition) is 1. The quantitative estimate of drug-likeness (QED) is 0.799. The number of hydrogen-bond acceptors (Lipinski definition) is 2. The highest BCUT2D eigenvalue weighted by Crippen LogP contribution is 2.23. The summed E-state index contributed by atoms with van der Waals surface area (Å²) in [7, 11) is 0. The summed E-state index contributed by atoms with van der Waals surface area (Å²) in [5.74, 6) is 0.841. The predicted molar refractivity (Wildman–Crippen MR) is 72.0 cm³/mol. The van der Waals surface area contributed by atoms with Gasteiger partial charge in [-0.1, -0.05) is 40.3 Å². The molecule has 0 aliphatic heterocycles. The molecule has 2 aromatic rings. The van der Waals surface area contributed by atoms with Gasteiger partial charge in [0, 0.05) is 10.0 Å². The summed E-state index contributed by atoms with van der Waals surface area (Å²) in [6.45, 7) is 3.90. The molecule has 1 aromatic heterocycles. The maximum atomic E-state index is 5.21. The predicted octanol–water partition coefficient (Wildman–Crippen LogP) is 4.19. The second-order valence-electron chi connectivity index (χ2n) is 3.63. The standard InChI is InChI=1S/C12H11BrN2S/c1-7-11(14-8(2)15-12(7)16)9-3-5-10(13)6-4-9/h3-6H,1-2H3,(H,14,15,16). The van der Waals surface area contributed by atoms with E-state index in [9.17, 15) is 0 Å². The number of aryl methyl sites for hydroxylation is 1. The Bertz CT molecular complexity index is 573. The molecule has 0 saturated heterocycles. The van der Waals surface area contributed by atoms with Crippen molar-refractivity contribution in [2.45, 2.75) is 13.8 Å². The third-order valence-corrected chi connectivity index (χ3v) is 3.33. The van der Waals surface area contributed by atoms with Gasteiger partial charge < -0.3 is 4.98 Å². The zero-order valence-corrected chi connectivity index (χ0v) is 11.4. The van der Waals surface area contributed by atoms with Gasteiger partial charge in [0.25, 0.3) is 0 Å². The number of aromatic nitrogens is 2. The van der Waals surface area contributed by atoms with Gasteiger partial charge in [-0.15, -0.1) is 0 Å². The Labute approximate surface area is 108 Å². The van der Waals surface area contributed by atoms with Crippen LogP contribution in [-0.2, 0) is 0 Å². The number of H-pyrrole nitrogens is 1. The van der Waals surface area contributed by atoms with Gasteiger partial charge in [-0.3, -0.25) is 0 Å². The molecule has 0 atom stereocenters. The van der Waals surface area contributed by atoms with Gasteiger partial charge in [0.1, 0.15) is 10.5 Å². The monoisotopic (exact) mass is 294 g/mol. The van der Waals surface area contributed by atoms with E-state index in [1.54, 1.807) is 0 Å². The molecule has 1 N–H and O–H groups in total.